The molecule has 0 aromatic heterocycles. The van der Waals surface area contributed by atoms with Crippen LogP contribution < -0.4 is 10.1 Å². The van der Waals surface area contributed by atoms with E-state index < -0.39 is 0 Å². The Labute approximate surface area is 118 Å². The van der Waals surface area contributed by atoms with Crippen molar-refractivity contribution in [2.45, 2.75) is 32.7 Å². The van der Waals surface area contributed by atoms with Crippen LogP contribution in [0.5, 0.6) is 5.75 Å². The van der Waals surface area contributed by atoms with Gasteiger partial charge in [0.05, 0.1) is 0 Å². The molecule has 0 saturated carbocycles. The fourth-order valence-electron chi connectivity index (χ4n) is 2.04. The molecule has 1 aromatic rings. The van der Waals surface area contributed by atoms with Crippen LogP contribution in [0.15, 0.2) is 24.3 Å². The van der Waals surface area contributed by atoms with Gasteiger partial charge in [0.2, 0.25) is 0 Å². The van der Waals surface area contributed by atoms with Crippen LogP contribution in [0.2, 0.25) is 0 Å². The number of benzene rings is 1. The van der Waals surface area contributed by atoms with Gasteiger partial charge in [-0.05, 0) is 33.1 Å². The average Bonchev–Trinajstić information content (AvgIpc) is 2.41. The normalized spacial score (nSPS) is 10.9. The molecule has 0 aliphatic rings. The number of rotatable bonds is 10. The summed E-state index contributed by atoms with van der Waals surface area (Å²) in [4.78, 5) is 2.34. The third-order valence-corrected chi connectivity index (χ3v) is 3.21. The second-order valence-electron chi connectivity index (χ2n) is 5.00. The van der Waals surface area contributed by atoms with E-state index in [1.807, 2.05) is 19.2 Å². The monoisotopic (exact) mass is 264 g/mol. The Hall–Kier alpha value is -1.06. The van der Waals surface area contributed by atoms with Crippen LogP contribution in [0, 0.1) is 0 Å². The van der Waals surface area contributed by atoms with Crippen molar-refractivity contribution in [1.82, 2.24) is 10.2 Å². The molecule has 19 heavy (non-hydrogen) atoms. The molecule has 3 heteroatoms. The largest absolute Gasteiger partial charge is 0.492 e. The lowest BCUT2D eigenvalue weighted by molar-refractivity contribution is 0.233. The van der Waals surface area contributed by atoms with Crippen molar-refractivity contribution in [3.05, 3.63) is 29.8 Å². The topological polar surface area (TPSA) is 24.5 Å². The smallest absolute Gasteiger partial charge is 0.123 e. The first kappa shape index (κ1) is 16.0. The molecule has 1 rings (SSSR count). The summed E-state index contributed by atoms with van der Waals surface area (Å²) < 4.78 is 5.88. The van der Waals surface area contributed by atoms with E-state index in [2.05, 4.69) is 36.3 Å². The Morgan fingerprint density at radius 2 is 1.95 bits per heavy atom. The number of nitrogens with zero attached hydrogens (tertiary/aromatic N) is 1. The second kappa shape index (κ2) is 9.82. The molecule has 0 unspecified atom stereocenters. The third kappa shape index (κ3) is 6.60. The maximum atomic E-state index is 5.88. The first-order valence-electron chi connectivity index (χ1n) is 7.31. The maximum absolute atomic E-state index is 5.88. The first-order chi connectivity index (χ1) is 9.27. The molecule has 0 fully saturated rings. The minimum absolute atomic E-state index is 0.753. The van der Waals surface area contributed by atoms with Crippen LogP contribution in [0.1, 0.15) is 31.7 Å². The van der Waals surface area contributed by atoms with E-state index in [-0.39, 0.29) is 0 Å². The quantitative estimate of drug-likeness (QED) is 0.658. The Morgan fingerprint density at radius 1 is 1.16 bits per heavy atom. The molecule has 0 aliphatic heterocycles. The second-order valence-corrected chi connectivity index (χ2v) is 5.00. The zero-order valence-electron chi connectivity index (χ0n) is 12.6. The molecule has 3 nitrogen and oxygen atoms in total. The van der Waals surface area contributed by atoms with Crippen molar-refractivity contribution in [1.29, 1.82) is 0 Å². The number of nitrogens with one attached hydrogen (secondary N) is 1. The van der Waals surface area contributed by atoms with E-state index in [1.54, 1.807) is 0 Å². The van der Waals surface area contributed by atoms with Gasteiger partial charge in [0.15, 0.2) is 0 Å². The molecular formula is C16H28N2O. The fourth-order valence-corrected chi connectivity index (χ4v) is 2.04. The Balaban J connectivity index is 2.28. The van der Waals surface area contributed by atoms with Crippen molar-refractivity contribution in [3.63, 3.8) is 0 Å². The van der Waals surface area contributed by atoms with Crippen molar-refractivity contribution < 1.29 is 4.74 Å². The van der Waals surface area contributed by atoms with Gasteiger partial charge in [0.25, 0.3) is 0 Å². The fraction of sp³-hybridized carbons (Fsp3) is 0.625. The number of para-hydroxylation sites is 1. The van der Waals surface area contributed by atoms with Gasteiger partial charge in [-0.2, -0.15) is 0 Å². The molecule has 0 radical (unpaired) electrons. The SMILES string of the molecule is CCCCCN(C)CCOc1ccccc1CNC. The molecule has 0 aliphatic carbocycles. The molecule has 0 amide bonds. The average molecular weight is 264 g/mol. The first-order valence-corrected chi connectivity index (χ1v) is 7.31. The van der Waals surface area contributed by atoms with Crippen molar-refractivity contribution in [2.24, 2.45) is 0 Å². The Bertz CT molecular complexity index is 341. The summed E-state index contributed by atoms with van der Waals surface area (Å²) in [6.45, 7) is 5.99. The van der Waals surface area contributed by atoms with Crippen molar-refractivity contribution >= 4 is 0 Å². The number of unbranched alkanes of at least 4 members (excludes halogenated alkanes) is 2. The highest BCUT2D eigenvalue weighted by molar-refractivity contribution is 5.33. The number of ether oxygens (including phenoxy) is 1. The standard InChI is InChI=1S/C16H28N2O/c1-4-5-8-11-18(3)12-13-19-16-10-7-6-9-15(16)14-17-2/h6-7,9-10,17H,4-5,8,11-14H2,1-3H3. The van der Waals surface area contributed by atoms with Crippen molar-refractivity contribution in [3.8, 4) is 5.75 Å². The van der Waals surface area contributed by atoms with E-state index in [0.29, 0.717) is 0 Å². The van der Waals surface area contributed by atoms with Gasteiger partial charge in [-0.1, -0.05) is 38.0 Å². The number of likely N-dealkylation sites (N-methyl/N-ethyl adjacent to an activating group) is 1. The molecule has 0 heterocycles. The van der Waals surface area contributed by atoms with Crippen LogP contribution in [-0.2, 0) is 6.54 Å². The summed E-state index contributed by atoms with van der Waals surface area (Å²) in [5.41, 5.74) is 1.22. The zero-order chi connectivity index (χ0) is 13.9. The van der Waals surface area contributed by atoms with E-state index in [9.17, 15) is 0 Å². The lowest BCUT2D eigenvalue weighted by Gasteiger charge is -2.17. The van der Waals surface area contributed by atoms with E-state index in [1.165, 1.54) is 24.8 Å². The van der Waals surface area contributed by atoms with Crippen LogP contribution in [0.25, 0.3) is 0 Å². The molecule has 1 N–H and O–H groups in total. The predicted molar refractivity (Wildman–Crippen MR) is 81.7 cm³/mol. The van der Waals surface area contributed by atoms with Gasteiger partial charge in [0, 0.05) is 18.7 Å². The summed E-state index contributed by atoms with van der Waals surface area (Å²) in [6.07, 6.45) is 3.88. The van der Waals surface area contributed by atoms with Gasteiger partial charge in [0.1, 0.15) is 12.4 Å². The van der Waals surface area contributed by atoms with Gasteiger partial charge in [-0.25, -0.2) is 0 Å². The van der Waals surface area contributed by atoms with Crippen LogP contribution >= 0.6 is 0 Å². The van der Waals surface area contributed by atoms with Crippen LogP contribution in [-0.4, -0.2) is 38.7 Å². The van der Waals surface area contributed by atoms with E-state index >= 15 is 0 Å². The molecule has 0 spiro atoms. The highest BCUT2D eigenvalue weighted by Crippen LogP contribution is 2.17. The molecule has 1 aromatic carbocycles. The van der Waals surface area contributed by atoms with Gasteiger partial charge < -0.3 is 15.0 Å². The highest BCUT2D eigenvalue weighted by atomic mass is 16.5. The number of hydrogen-bond donors (Lipinski definition) is 1. The molecule has 0 bridgehead atoms. The third-order valence-electron chi connectivity index (χ3n) is 3.21. The summed E-state index contributed by atoms with van der Waals surface area (Å²) in [5, 5.41) is 3.17. The molecular weight excluding hydrogens is 236 g/mol. The van der Waals surface area contributed by atoms with Gasteiger partial charge in [-0.15, -0.1) is 0 Å². The van der Waals surface area contributed by atoms with Gasteiger partial charge in [-0.3, -0.25) is 0 Å². The van der Waals surface area contributed by atoms with Crippen molar-refractivity contribution in [2.75, 3.05) is 33.8 Å². The number of hydrogen-bond acceptors (Lipinski definition) is 3. The van der Waals surface area contributed by atoms with Crippen LogP contribution in [0.4, 0.5) is 0 Å². The van der Waals surface area contributed by atoms with Crippen LogP contribution in [0.3, 0.4) is 0 Å². The Morgan fingerprint density at radius 3 is 2.68 bits per heavy atom. The van der Waals surface area contributed by atoms with E-state index in [4.69, 9.17) is 4.74 Å². The molecule has 0 saturated heterocycles. The summed E-state index contributed by atoms with van der Waals surface area (Å²) in [6, 6.07) is 8.23. The summed E-state index contributed by atoms with van der Waals surface area (Å²) in [5.74, 6) is 0.999. The summed E-state index contributed by atoms with van der Waals surface area (Å²) >= 11 is 0. The molecule has 0 atom stereocenters. The minimum atomic E-state index is 0.753. The maximum Gasteiger partial charge on any atom is 0.123 e. The highest BCUT2D eigenvalue weighted by Gasteiger charge is 2.03. The lowest BCUT2D eigenvalue weighted by atomic mass is 10.2. The molecule has 108 valence electrons. The zero-order valence-corrected chi connectivity index (χ0v) is 12.6. The predicted octanol–water partition coefficient (Wildman–Crippen LogP) is 2.91. The van der Waals surface area contributed by atoms with Gasteiger partial charge >= 0.3 is 0 Å². The lowest BCUT2D eigenvalue weighted by Crippen LogP contribution is -2.25. The summed E-state index contributed by atoms with van der Waals surface area (Å²) in [7, 11) is 4.12. The minimum Gasteiger partial charge on any atom is -0.492 e. The Kier molecular flexibility index (Phi) is 8.26. The van der Waals surface area contributed by atoms with E-state index in [0.717, 1.165) is 32.0 Å².